The molecule has 0 bridgehead atoms. The van der Waals surface area contributed by atoms with E-state index in [1.165, 1.54) is 18.6 Å². The van der Waals surface area contributed by atoms with Crippen LogP contribution < -0.4 is 15.4 Å². The lowest BCUT2D eigenvalue weighted by Gasteiger charge is -2.14. The van der Waals surface area contributed by atoms with Crippen molar-refractivity contribution in [1.82, 2.24) is 25.4 Å². The van der Waals surface area contributed by atoms with Gasteiger partial charge in [-0.05, 0) is 25.8 Å². The molecule has 11 heteroatoms. The molecule has 166 valence electrons. The molecule has 2 N–H and O–H groups in total. The van der Waals surface area contributed by atoms with Crippen LogP contribution in [0.4, 0.5) is 13.2 Å². The van der Waals surface area contributed by atoms with Gasteiger partial charge >= 0.3 is 6.36 Å². The topological polar surface area (TPSA) is 76.4 Å². The average molecular weight is 538 g/mol. The molecule has 3 rings (SSSR count). The summed E-state index contributed by atoms with van der Waals surface area (Å²) in [6.45, 7) is 3.90. The molecule has 0 atom stereocenters. The van der Waals surface area contributed by atoms with Crippen molar-refractivity contribution in [2.45, 2.75) is 58.6 Å². The number of rotatable bonds is 6. The molecule has 0 spiro atoms. The summed E-state index contributed by atoms with van der Waals surface area (Å²) in [5, 5.41) is 14.8. The lowest BCUT2D eigenvalue weighted by Crippen LogP contribution is -2.37. The number of para-hydroxylation sites is 1. The maximum Gasteiger partial charge on any atom is 0.573 e. The van der Waals surface area contributed by atoms with Crippen LogP contribution in [0.2, 0.25) is 0 Å². The van der Waals surface area contributed by atoms with Crippen LogP contribution in [0.15, 0.2) is 29.3 Å². The first-order valence-electron chi connectivity index (χ1n) is 9.73. The second-order valence-corrected chi connectivity index (χ2v) is 6.70. The zero-order valence-corrected chi connectivity index (χ0v) is 19.0. The minimum Gasteiger partial charge on any atom is -0.405 e. The Bertz CT molecular complexity index is 840. The smallest absolute Gasteiger partial charge is 0.405 e. The highest BCUT2D eigenvalue weighted by atomic mass is 127. The minimum atomic E-state index is -4.74. The van der Waals surface area contributed by atoms with Crippen LogP contribution in [0.1, 0.15) is 43.4 Å². The largest absolute Gasteiger partial charge is 0.573 e. The molecule has 0 amide bonds. The van der Waals surface area contributed by atoms with Crippen molar-refractivity contribution in [1.29, 1.82) is 0 Å². The molecule has 1 aliphatic rings. The normalized spacial score (nSPS) is 14.3. The van der Waals surface area contributed by atoms with E-state index in [0.29, 0.717) is 24.6 Å². The molecule has 0 fully saturated rings. The van der Waals surface area contributed by atoms with E-state index >= 15 is 0 Å². The van der Waals surface area contributed by atoms with Crippen LogP contribution in [0.3, 0.4) is 0 Å². The number of guanidine groups is 1. The lowest BCUT2D eigenvalue weighted by molar-refractivity contribution is -0.274. The predicted octanol–water partition coefficient (Wildman–Crippen LogP) is 3.78. The first-order chi connectivity index (χ1) is 14.0. The fourth-order valence-electron chi connectivity index (χ4n) is 3.20. The fourth-order valence-corrected chi connectivity index (χ4v) is 3.20. The zero-order chi connectivity index (χ0) is 20.7. The molecule has 2 aromatic rings. The van der Waals surface area contributed by atoms with Gasteiger partial charge in [-0.1, -0.05) is 24.6 Å². The summed E-state index contributed by atoms with van der Waals surface area (Å²) in [6, 6.07) is 5.99. The number of hydrogen-bond acceptors (Lipinski definition) is 4. The number of aliphatic imine (C=N–C) groups is 1. The Hall–Kier alpha value is -2.05. The number of halogens is 4. The van der Waals surface area contributed by atoms with Crippen LogP contribution >= 0.6 is 24.0 Å². The number of nitrogens with zero attached hydrogens (tertiary/aromatic N) is 4. The van der Waals surface area contributed by atoms with E-state index in [1.54, 1.807) is 12.1 Å². The van der Waals surface area contributed by atoms with Crippen molar-refractivity contribution in [3.8, 4) is 5.75 Å². The third-order valence-corrected chi connectivity index (χ3v) is 4.55. The van der Waals surface area contributed by atoms with Crippen molar-refractivity contribution in [2.75, 3.05) is 6.54 Å². The summed E-state index contributed by atoms with van der Waals surface area (Å²) < 4.78 is 44.0. The molecular weight excluding hydrogens is 512 g/mol. The Morgan fingerprint density at radius 3 is 2.73 bits per heavy atom. The Morgan fingerprint density at radius 2 is 1.97 bits per heavy atom. The number of alkyl halides is 3. The molecule has 1 aromatic carbocycles. The van der Waals surface area contributed by atoms with Gasteiger partial charge in [0.15, 0.2) is 11.8 Å². The van der Waals surface area contributed by atoms with Crippen molar-refractivity contribution in [2.24, 2.45) is 4.99 Å². The molecule has 0 saturated heterocycles. The van der Waals surface area contributed by atoms with Crippen molar-refractivity contribution in [3.05, 3.63) is 41.5 Å². The lowest BCUT2D eigenvalue weighted by atomic mass is 10.2. The van der Waals surface area contributed by atoms with Crippen molar-refractivity contribution in [3.63, 3.8) is 0 Å². The maximum atomic E-state index is 12.6. The van der Waals surface area contributed by atoms with Gasteiger partial charge in [0, 0.05) is 25.1 Å². The number of aryl methyl sites for hydroxylation is 1. The van der Waals surface area contributed by atoms with E-state index in [-0.39, 0.29) is 36.3 Å². The van der Waals surface area contributed by atoms with Crippen LogP contribution in [0.5, 0.6) is 5.75 Å². The molecule has 30 heavy (non-hydrogen) atoms. The summed E-state index contributed by atoms with van der Waals surface area (Å²) in [6.07, 6.45) is -0.415. The second kappa shape index (κ2) is 11.4. The fraction of sp³-hybridized carbons (Fsp3) is 0.526. The highest BCUT2D eigenvalue weighted by molar-refractivity contribution is 14.0. The molecule has 0 aliphatic carbocycles. The van der Waals surface area contributed by atoms with Gasteiger partial charge in [-0.25, -0.2) is 4.99 Å². The van der Waals surface area contributed by atoms with Crippen LogP contribution in [-0.4, -0.2) is 33.6 Å². The molecule has 1 aliphatic heterocycles. The number of hydrogen-bond donors (Lipinski definition) is 2. The number of fused-ring (bicyclic) bond motifs is 1. The molecule has 2 heterocycles. The minimum absolute atomic E-state index is 0. The van der Waals surface area contributed by atoms with E-state index in [2.05, 4.69) is 35.1 Å². The van der Waals surface area contributed by atoms with Gasteiger partial charge in [-0.15, -0.1) is 47.3 Å². The van der Waals surface area contributed by atoms with E-state index < -0.39 is 6.36 Å². The quantitative estimate of drug-likeness (QED) is 0.333. The summed E-state index contributed by atoms with van der Waals surface area (Å²) >= 11 is 0. The summed E-state index contributed by atoms with van der Waals surface area (Å²) in [5.74, 6) is 2.07. The molecule has 7 nitrogen and oxygen atoms in total. The highest BCUT2D eigenvalue weighted by Crippen LogP contribution is 2.26. The SMILES string of the molecule is CCNC(=NCc1ccccc1OC(F)(F)F)NCc1nnc2n1CCCCC2.I. The van der Waals surface area contributed by atoms with Gasteiger partial charge in [-0.2, -0.15) is 0 Å². The Morgan fingerprint density at radius 1 is 1.17 bits per heavy atom. The highest BCUT2D eigenvalue weighted by Gasteiger charge is 2.31. The summed E-state index contributed by atoms with van der Waals surface area (Å²) in [4.78, 5) is 4.39. The van der Waals surface area contributed by atoms with Gasteiger partial charge < -0.3 is 19.9 Å². The summed E-state index contributed by atoms with van der Waals surface area (Å²) in [5.41, 5.74) is 0.346. The summed E-state index contributed by atoms with van der Waals surface area (Å²) in [7, 11) is 0. The van der Waals surface area contributed by atoms with Crippen molar-refractivity contribution < 1.29 is 17.9 Å². The maximum absolute atomic E-state index is 12.6. The Kier molecular flexibility index (Phi) is 9.18. The van der Waals surface area contributed by atoms with Gasteiger partial charge in [0.1, 0.15) is 11.6 Å². The molecule has 0 radical (unpaired) electrons. The van der Waals surface area contributed by atoms with Crippen LogP contribution in [0.25, 0.3) is 0 Å². The van der Waals surface area contributed by atoms with Gasteiger partial charge in [0.25, 0.3) is 0 Å². The Labute approximate surface area is 190 Å². The third-order valence-electron chi connectivity index (χ3n) is 4.55. The van der Waals surface area contributed by atoms with Gasteiger partial charge in [0.2, 0.25) is 0 Å². The molecule has 1 aromatic heterocycles. The Balaban J connectivity index is 0.00000320. The van der Waals surface area contributed by atoms with E-state index in [9.17, 15) is 13.2 Å². The number of nitrogens with one attached hydrogen (secondary N) is 2. The van der Waals surface area contributed by atoms with Gasteiger partial charge in [0.05, 0.1) is 13.1 Å². The number of aromatic nitrogens is 3. The second-order valence-electron chi connectivity index (χ2n) is 6.70. The first kappa shape index (κ1) is 24.2. The zero-order valence-electron chi connectivity index (χ0n) is 16.7. The van der Waals surface area contributed by atoms with E-state index in [1.807, 2.05) is 6.92 Å². The van der Waals surface area contributed by atoms with Gasteiger partial charge in [-0.3, -0.25) is 0 Å². The predicted molar refractivity (Wildman–Crippen MR) is 118 cm³/mol. The number of benzene rings is 1. The molecular formula is C19H26F3IN6O. The number of ether oxygens (including phenoxy) is 1. The molecule has 0 saturated carbocycles. The van der Waals surface area contributed by atoms with E-state index in [4.69, 9.17) is 0 Å². The standard InChI is InChI=1S/C19H25F3N6O.HI/c1-2-23-18(24-12-14-8-5-6-9-15(14)29-19(20,21)22)25-13-17-27-26-16-10-4-3-7-11-28(16)17;/h5-6,8-9H,2-4,7,10-13H2,1H3,(H2,23,24,25);1H. The third kappa shape index (κ3) is 7.03. The molecule has 0 unspecified atom stereocenters. The monoisotopic (exact) mass is 538 g/mol. The van der Waals surface area contributed by atoms with Crippen LogP contribution in [0, 0.1) is 0 Å². The first-order valence-corrected chi connectivity index (χ1v) is 9.73. The van der Waals surface area contributed by atoms with Crippen LogP contribution in [-0.2, 0) is 26.1 Å². The van der Waals surface area contributed by atoms with E-state index in [0.717, 1.165) is 37.5 Å². The van der Waals surface area contributed by atoms with Crippen molar-refractivity contribution >= 4 is 29.9 Å². The average Bonchev–Trinajstić information content (AvgIpc) is 2.90.